The van der Waals surface area contributed by atoms with E-state index in [1.54, 1.807) is 18.9 Å². The van der Waals surface area contributed by atoms with E-state index in [9.17, 15) is 9.59 Å². The summed E-state index contributed by atoms with van der Waals surface area (Å²) in [5, 5.41) is 11.7. The quantitative estimate of drug-likeness (QED) is 0.662. The van der Waals surface area contributed by atoms with Crippen LogP contribution < -0.4 is 5.32 Å². The van der Waals surface area contributed by atoms with E-state index < -0.39 is 6.10 Å². The molecule has 2 N–H and O–H groups in total. The van der Waals surface area contributed by atoms with Crippen LogP contribution in [-0.2, 0) is 9.59 Å². The average Bonchev–Trinajstić information content (AvgIpc) is 2.60. The molecule has 1 rings (SSSR count). The van der Waals surface area contributed by atoms with Gasteiger partial charge in [-0.15, -0.1) is 0 Å². The van der Waals surface area contributed by atoms with Crippen molar-refractivity contribution in [3.8, 4) is 0 Å². The summed E-state index contributed by atoms with van der Waals surface area (Å²) < 4.78 is 0. The zero-order valence-electron chi connectivity index (χ0n) is 9.19. The lowest BCUT2D eigenvalue weighted by Gasteiger charge is -2.21. The number of carbonyl (C=O) groups excluding carboxylic acids is 2. The topological polar surface area (TPSA) is 69.6 Å². The van der Waals surface area contributed by atoms with Gasteiger partial charge in [-0.3, -0.25) is 9.59 Å². The number of nitrogens with one attached hydrogen (secondary N) is 1. The van der Waals surface area contributed by atoms with Crippen molar-refractivity contribution >= 4 is 11.8 Å². The van der Waals surface area contributed by atoms with Crippen molar-refractivity contribution in [3.05, 3.63) is 0 Å². The Kier molecular flexibility index (Phi) is 4.08. The second kappa shape index (κ2) is 5.11. The molecule has 0 radical (unpaired) electrons. The fourth-order valence-corrected chi connectivity index (χ4v) is 1.56. The van der Waals surface area contributed by atoms with Gasteiger partial charge in [0.25, 0.3) is 0 Å². The fourth-order valence-electron chi connectivity index (χ4n) is 1.56. The lowest BCUT2D eigenvalue weighted by molar-refractivity contribution is -0.133. The molecule has 2 atom stereocenters. The first kappa shape index (κ1) is 12.0. The van der Waals surface area contributed by atoms with Crippen LogP contribution in [0.1, 0.15) is 26.2 Å². The van der Waals surface area contributed by atoms with Crippen LogP contribution in [0.25, 0.3) is 0 Å². The molecule has 1 saturated heterocycles. The van der Waals surface area contributed by atoms with Gasteiger partial charge in [-0.25, -0.2) is 0 Å². The Hall–Kier alpha value is -1.10. The number of nitrogens with zero attached hydrogens (tertiary/aromatic N) is 1. The molecule has 0 aliphatic carbocycles. The predicted molar refractivity (Wildman–Crippen MR) is 55.1 cm³/mol. The van der Waals surface area contributed by atoms with Crippen LogP contribution in [-0.4, -0.2) is 47.6 Å². The van der Waals surface area contributed by atoms with Crippen LogP contribution in [0.5, 0.6) is 0 Å². The maximum atomic E-state index is 11.7. The molecule has 0 saturated carbocycles. The number of hydrogen-bond donors (Lipinski definition) is 2. The second-order valence-electron chi connectivity index (χ2n) is 4.06. The summed E-state index contributed by atoms with van der Waals surface area (Å²) in [6.45, 7) is 2.21. The predicted octanol–water partition coefficient (Wildman–Crippen LogP) is -0.506. The highest BCUT2D eigenvalue weighted by molar-refractivity contribution is 5.90. The molecule has 1 aliphatic rings. The molecule has 0 spiro atoms. The molecule has 1 unspecified atom stereocenters. The molecule has 0 aromatic heterocycles. The Morgan fingerprint density at radius 2 is 2.40 bits per heavy atom. The van der Waals surface area contributed by atoms with E-state index in [1.807, 2.05) is 0 Å². The normalized spacial score (nSPS) is 22.3. The Morgan fingerprint density at radius 3 is 2.87 bits per heavy atom. The molecule has 5 heteroatoms. The molecule has 5 nitrogen and oxygen atoms in total. The standard InChI is InChI=1S/C10H18N2O3/c1-7(13)5-6-12(2)10(15)8-3-4-9(14)11-8/h7-8,13H,3-6H2,1-2H3,(H,11,14)/t7?,8-/m1/s1. The van der Waals surface area contributed by atoms with Crippen LogP contribution in [0.2, 0.25) is 0 Å². The van der Waals surface area contributed by atoms with Crippen LogP contribution in [0.3, 0.4) is 0 Å². The zero-order chi connectivity index (χ0) is 11.4. The van der Waals surface area contributed by atoms with Crippen molar-refractivity contribution < 1.29 is 14.7 Å². The molecule has 0 aromatic carbocycles. The maximum absolute atomic E-state index is 11.7. The Labute approximate surface area is 89.4 Å². The number of amides is 2. The van der Waals surface area contributed by atoms with Crippen molar-refractivity contribution in [1.29, 1.82) is 0 Å². The van der Waals surface area contributed by atoms with Gasteiger partial charge in [0.15, 0.2) is 0 Å². The number of hydrogen-bond acceptors (Lipinski definition) is 3. The molecule has 2 amide bonds. The van der Waals surface area contributed by atoms with Crippen LogP contribution >= 0.6 is 0 Å². The molecular formula is C10H18N2O3. The van der Waals surface area contributed by atoms with Gasteiger partial charge in [0, 0.05) is 20.0 Å². The van der Waals surface area contributed by atoms with Gasteiger partial charge in [-0.2, -0.15) is 0 Å². The van der Waals surface area contributed by atoms with Crippen molar-refractivity contribution in [3.63, 3.8) is 0 Å². The summed E-state index contributed by atoms with van der Waals surface area (Å²) in [7, 11) is 1.69. The Morgan fingerprint density at radius 1 is 1.73 bits per heavy atom. The molecule has 86 valence electrons. The monoisotopic (exact) mass is 214 g/mol. The van der Waals surface area contributed by atoms with Gasteiger partial charge >= 0.3 is 0 Å². The third-order valence-electron chi connectivity index (χ3n) is 2.55. The Bertz CT molecular complexity index is 253. The number of likely N-dealkylation sites (N-methyl/N-ethyl adjacent to an activating group) is 1. The van der Waals surface area contributed by atoms with Crippen molar-refractivity contribution in [2.45, 2.75) is 38.3 Å². The number of aliphatic hydroxyl groups excluding tert-OH is 1. The summed E-state index contributed by atoms with van der Waals surface area (Å²) >= 11 is 0. The first-order valence-corrected chi connectivity index (χ1v) is 5.23. The first-order valence-electron chi connectivity index (χ1n) is 5.23. The fraction of sp³-hybridized carbons (Fsp3) is 0.800. The summed E-state index contributed by atoms with van der Waals surface area (Å²) in [5.74, 6) is -0.126. The largest absolute Gasteiger partial charge is 0.393 e. The van der Waals surface area contributed by atoms with E-state index in [2.05, 4.69) is 5.32 Å². The van der Waals surface area contributed by atoms with Crippen LogP contribution in [0.15, 0.2) is 0 Å². The van der Waals surface area contributed by atoms with Crippen LogP contribution in [0, 0.1) is 0 Å². The maximum Gasteiger partial charge on any atom is 0.244 e. The minimum absolute atomic E-state index is 0.0581. The number of carbonyl (C=O) groups is 2. The lowest BCUT2D eigenvalue weighted by Crippen LogP contribution is -2.43. The van der Waals surface area contributed by atoms with Gasteiger partial charge < -0.3 is 15.3 Å². The third kappa shape index (κ3) is 3.51. The van der Waals surface area contributed by atoms with E-state index in [4.69, 9.17) is 5.11 Å². The van der Waals surface area contributed by atoms with Crippen molar-refractivity contribution in [1.82, 2.24) is 10.2 Å². The molecular weight excluding hydrogens is 196 g/mol. The molecule has 15 heavy (non-hydrogen) atoms. The van der Waals surface area contributed by atoms with E-state index in [0.717, 1.165) is 0 Å². The summed E-state index contributed by atoms with van der Waals surface area (Å²) in [4.78, 5) is 24.2. The van der Waals surface area contributed by atoms with Crippen LogP contribution in [0.4, 0.5) is 0 Å². The number of rotatable bonds is 4. The van der Waals surface area contributed by atoms with Crippen molar-refractivity contribution in [2.75, 3.05) is 13.6 Å². The molecule has 0 bridgehead atoms. The van der Waals surface area contributed by atoms with Gasteiger partial charge in [0.1, 0.15) is 6.04 Å². The number of aliphatic hydroxyl groups is 1. The zero-order valence-corrected chi connectivity index (χ0v) is 9.19. The smallest absolute Gasteiger partial charge is 0.244 e. The lowest BCUT2D eigenvalue weighted by atomic mass is 10.2. The SMILES string of the molecule is CC(O)CCN(C)C(=O)[C@H]1CCC(=O)N1. The van der Waals surface area contributed by atoms with E-state index in [-0.39, 0.29) is 17.9 Å². The summed E-state index contributed by atoms with van der Waals surface area (Å²) in [5.41, 5.74) is 0. The minimum Gasteiger partial charge on any atom is -0.393 e. The molecule has 0 aromatic rings. The molecule has 1 aliphatic heterocycles. The molecule has 1 heterocycles. The average molecular weight is 214 g/mol. The second-order valence-corrected chi connectivity index (χ2v) is 4.06. The highest BCUT2D eigenvalue weighted by Gasteiger charge is 2.29. The minimum atomic E-state index is -0.404. The Balaban J connectivity index is 2.35. The van der Waals surface area contributed by atoms with Crippen molar-refractivity contribution in [2.24, 2.45) is 0 Å². The van der Waals surface area contributed by atoms with E-state index in [0.29, 0.717) is 25.8 Å². The third-order valence-corrected chi connectivity index (χ3v) is 2.55. The van der Waals surface area contributed by atoms with E-state index >= 15 is 0 Å². The van der Waals surface area contributed by atoms with Gasteiger partial charge in [0.2, 0.25) is 11.8 Å². The van der Waals surface area contributed by atoms with Gasteiger partial charge in [-0.1, -0.05) is 0 Å². The first-order chi connectivity index (χ1) is 7.00. The van der Waals surface area contributed by atoms with Gasteiger partial charge in [0.05, 0.1) is 6.10 Å². The summed E-state index contributed by atoms with van der Waals surface area (Å²) in [6.07, 6.45) is 1.17. The van der Waals surface area contributed by atoms with Gasteiger partial charge in [-0.05, 0) is 19.8 Å². The van der Waals surface area contributed by atoms with E-state index in [1.165, 1.54) is 0 Å². The highest BCUT2D eigenvalue weighted by Crippen LogP contribution is 2.09. The highest BCUT2D eigenvalue weighted by atomic mass is 16.3. The summed E-state index contributed by atoms with van der Waals surface area (Å²) in [6, 6.07) is -0.364. The molecule has 1 fully saturated rings.